The fraction of sp³-hybridized carbons (Fsp3) is 0.192. The molecule has 0 fully saturated rings. The van der Waals surface area contributed by atoms with E-state index in [9.17, 15) is 23.2 Å². The van der Waals surface area contributed by atoms with E-state index in [1.54, 1.807) is 53.6 Å². The second kappa shape index (κ2) is 8.34. The average Bonchev–Trinajstić information content (AvgIpc) is 3.37. The standard InChI is InChI=1S/C26H19F3N4O/c27-26(28,29)19-8-1-2-9-20(19)33-21-10-5-11-22(34)24(21)23(17-7-6-12-31-16-17)18(15-30)25(33)32-13-3-4-14-32/h1-4,6-9,12-14,16,23H,5,10-11H2. The third kappa shape index (κ3) is 3.50. The summed E-state index contributed by atoms with van der Waals surface area (Å²) in [4.78, 5) is 18.9. The molecule has 1 aliphatic carbocycles. The molecule has 1 aliphatic heterocycles. The van der Waals surface area contributed by atoms with E-state index in [2.05, 4.69) is 11.1 Å². The van der Waals surface area contributed by atoms with Crippen LogP contribution in [0.1, 0.15) is 36.3 Å². The summed E-state index contributed by atoms with van der Waals surface area (Å²) in [6.07, 6.45) is 3.15. The lowest BCUT2D eigenvalue weighted by Gasteiger charge is -2.41. The van der Waals surface area contributed by atoms with Gasteiger partial charge in [-0.2, -0.15) is 18.4 Å². The van der Waals surface area contributed by atoms with E-state index < -0.39 is 17.7 Å². The molecule has 8 heteroatoms. The SMILES string of the molecule is N#CC1=C(n2cccc2)N(c2ccccc2C(F)(F)F)C2=C(C(=O)CCC2)C1c1cccnc1. The van der Waals surface area contributed by atoms with Crippen LogP contribution in [0.2, 0.25) is 0 Å². The summed E-state index contributed by atoms with van der Waals surface area (Å²) < 4.78 is 43.9. The lowest BCUT2D eigenvalue weighted by molar-refractivity contribution is -0.137. The molecule has 34 heavy (non-hydrogen) atoms. The quantitative estimate of drug-likeness (QED) is 0.488. The van der Waals surface area contributed by atoms with Crippen molar-refractivity contribution in [1.29, 1.82) is 5.26 Å². The topological polar surface area (TPSA) is 61.9 Å². The number of ketones is 1. The number of Topliss-reactive ketones (excluding diaryl/α,β-unsaturated/α-hetero) is 1. The van der Waals surface area contributed by atoms with Crippen molar-refractivity contribution in [2.24, 2.45) is 0 Å². The summed E-state index contributed by atoms with van der Waals surface area (Å²) in [6, 6.07) is 14.5. The highest BCUT2D eigenvalue weighted by Crippen LogP contribution is 2.50. The van der Waals surface area contributed by atoms with Gasteiger partial charge in [0.15, 0.2) is 5.78 Å². The van der Waals surface area contributed by atoms with E-state index in [0.29, 0.717) is 29.7 Å². The van der Waals surface area contributed by atoms with Crippen molar-refractivity contribution in [3.63, 3.8) is 0 Å². The molecule has 0 saturated carbocycles. The number of pyridine rings is 1. The number of halogens is 3. The van der Waals surface area contributed by atoms with Gasteiger partial charge in [-0.3, -0.25) is 14.7 Å². The van der Waals surface area contributed by atoms with Crippen LogP contribution in [-0.2, 0) is 11.0 Å². The first-order chi connectivity index (χ1) is 16.4. The van der Waals surface area contributed by atoms with Gasteiger partial charge in [-0.25, -0.2) is 0 Å². The molecule has 2 aromatic heterocycles. The maximum absolute atomic E-state index is 14.1. The van der Waals surface area contributed by atoms with E-state index in [4.69, 9.17) is 0 Å². The van der Waals surface area contributed by atoms with Gasteiger partial charge in [-0.05, 0) is 48.7 Å². The fourth-order valence-corrected chi connectivity index (χ4v) is 4.82. The van der Waals surface area contributed by atoms with E-state index >= 15 is 0 Å². The van der Waals surface area contributed by atoms with Crippen LogP contribution in [-0.4, -0.2) is 15.3 Å². The van der Waals surface area contributed by atoms with Crippen LogP contribution in [0.5, 0.6) is 0 Å². The molecule has 0 amide bonds. The number of nitriles is 1. The van der Waals surface area contributed by atoms with Crippen molar-refractivity contribution >= 4 is 17.3 Å². The minimum absolute atomic E-state index is 0.113. The first-order valence-corrected chi connectivity index (χ1v) is 10.8. The minimum atomic E-state index is -4.62. The summed E-state index contributed by atoms with van der Waals surface area (Å²) in [5.41, 5.74) is 0.749. The Morgan fingerprint density at radius 1 is 1.03 bits per heavy atom. The molecule has 1 atom stereocenters. The number of benzene rings is 1. The molecule has 5 nitrogen and oxygen atoms in total. The van der Waals surface area contributed by atoms with Crippen LogP contribution in [0.4, 0.5) is 18.9 Å². The molecule has 3 heterocycles. The Balaban J connectivity index is 1.88. The molecule has 0 N–H and O–H groups in total. The van der Waals surface area contributed by atoms with Gasteiger partial charge in [0.05, 0.1) is 28.8 Å². The number of nitrogens with zero attached hydrogens (tertiary/aromatic N) is 4. The van der Waals surface area contributed by atoms with Gasteiger partial charge in [0.25, 0.3) is 0 Å². The number of hydrogen-bond donors (Lipinski definition) is 0. The number of aromatic nitrogens is 2. The molecular weight excluding hydrogens is 441 g/mol. The maximum atomic E-state index is 14.1. The number of alkyl halides is 3. The van der Waals surface area contributed by atoms with Crippen molar-refractivity contribution in [1.82, 2.24) is 9.55 Å². The van der Waals surface area contributed by atoms with Crippen LogP contribution in [0.25, 0.3) is 5.82 Å². The number of hydrogen-bond acceptors (Lipinski definition) is 4. The van der Waals surface area contributed by atoms with E-state index in [1.165, 1.54) is 23.1 Å². The molecule has 2 aliphatic rings. The Morgan fingerprint density at radius 3 is 2.47 bits per heavy atom. The predicted molar refractivity (Wildman–Crippen MR) is 120 cm³/mol. The van der Waals surface area contributed by atoms with Crippen molar-refractivity contribution in [2.75, 3.05) is 4.90 Å². The minimum Gasteiger partial charge on any atom is -0.309 e. The molecule has 5 rings (SSSR count). The van der Waals surface area contributed by atoms with Gasteiger partial charge in [-0.15, -0.1) is 0 Å². The summed E-state index contributed by atoms with van der Waals surface area (Å²) in [7, 11) is 0. The van der Waals surface area contributed by atoms with Crippen LogP contribution < -0.4 is 4.90 Å². The summed E-state index contributed by atoms with van der Waals surface area (Å²) in [6.45, 7) is 0. The first kappa shape index (κ1) is 21.7. The highest BCUT2D eigenvalue weighted by atomic mass is 19.4. The average molecular weight is 460 g/mol. The van der Waals surface area contributed by atoms with Crippen molar-refractivity contribution < 1.29 is 18.0 Å². The Labute approximate surface area is 194 Å². The third-order valence-electron chi connectivity index (χ3n) is 6.17. The largest absolute Gasteiger partial charge is 0.418 e. The van der Waals surface area contributed by atoms with Crippen LogP contribution >= 0.6 is 0 Å². The van der Waals surface area contributed by atoms with Crippen molar-refractivity contribution in [3.8, 4) is 6.07 Å². The molecule has 0 radical (unpaired) electrons. The van der Waals surface area contributed by atoms with Crippen molar-refractivity contribution in [2.45, 2.75) is 31.4 Å². The number of anilines is 1. The summed E-state index contributed by atoms with van der Waals surface area (Å²) in [5.74, 6) is -0.594. The Kier molecular flexibility index (Phi) is 5.33. The number of para-hydroxylation sites is 1. The van der Waals surface area contributed by atoms with Gasteiger partial charge >= 0.3 is 6.18 Å². The first-order valence-electron chi connectivity index (χ1n) is 10.8. The second-order valence-corrected chi connectivity index (χ2v) is 8.15. The van der Waals surface area contributed by atoms with Gasteiger partial charge in [0.1, 0.15) is 5.82 Å². The molecular formula is C26H19F3N4O. The molecule has 1 unspecified atom stereocenters. The number of rotatable bonds is 3. The zero-order valence-corrected chi connectivity index (χ0v) is 18.0. The molecule has 1 aromatic carbocycles. The molecule has 0 saturated heterocycles. The molecule has 3 aromatic rings. The van der Waals surface area contributed by atoms with E-state index in [1.807, 2.05) is 0 Å². The predicted octanol–water partition coefficient (Wildman–Crippen LogP) is 5.91. The number of carbonyl (C=O) groups excluding carboxylic acids is 1. The van der Waals surface area contributed by atoms with E-state index in [0.717, 1.165) is 6.07 Å². The zero-order chi connectivity index (χ0) is 23.9. The van der Waals surface area contributed by atoms with E-state index in [-0.39, 0.29) is 29.3 Å². The molecule has 0 bridgehead atoms. The van der Waals surface area contributed by atoms with Gasteiger partial charge in [0, 0.05) is 42.5 Å². The maximum Gasteiger partial charge on any atom is 0.418 e. The Hall–Kier alpha value is -4.12. The monoisotopic (exact) mass is 460 g/mol. The van der Waals surface area contributed by atoms with Gasteiger partial charge < -0.3 is 4.57 Å². The molecule has 0 spiro atoms. The van der Waals surface area contributed by atoms with Crippen LogP contribution in [0.15, 0.2) is 90.2 Å². The number of carbonyl (C=O) groups is 1. The van der Waals surface area contributed by atoms with Crippen molar-refractivity contribution in [3.05, 3.63) is 101 Å². The zero-order valence-electron chi connectivity index (χ0n) is 18.0. The normalized spacial score (nSPS) is 18.7. The van der Waals surface area contributed by atoms with Crippen LogP contribution in [0.3, 0.4) is 0 Å². The smallest absolute Gasteiger partial charge is 0.309 e. The molecule has 170 valence electrons. The number of allylic oxidation sites excluding steroid dienone is 3. The Bertz CT molecular complexity index is 1350. The second-order valence-electron chi connectivity index (χ2n) is 8.15. The highest BCUT2D eigenvalue weighted by Gasteiger charge is 2.44. The highest BCUT2D eigenvalue weighted by molar-refractivity contribution is 6.03. The van der Waals surface area contributed by atoms with Gasteiger partial charge in [-0.1, -0.05) is 18.2 Å². The van der Waals surface area contributed by atoms with Gasteiger partial charge in [0.2, 0.25) is 0 Å². The summed E-state index contributed by atoms with van der Waals surface area (Å²) >= 11 is 0. The van der Waals surface area contributed by atoms with Crippen LogP contribution in [0, 0.1) is 11.3 Å². The lowest BCUT2D eigenvalue weighted by Crippen LogP contribution is -2.37. The Morgan fingerprint density at radius 2 is 1.79 bits per heavy atom. The third-order valence-corrected chi connectivity index (χ3v) is 6.17. The lowest BCUT2D eigenvalue weighted by atomic mass is 9.75. The summed E-state index contributed by atoms with van der Waals surface area (Å²) in [5, 5.41) is 10.3. The fourth-order valence-electron chi connectivity index (χ4n) is 4.82.